The fourth-order valence-electron chi connectivity index (χ4n) is 2.72. The van der Waals surface area contributed by atoms with Crippen LogP contribution in [-0.2, 0) is 6.42 Å². The molecule has 1 saturated carbocycles. The summed E-state index contributed by atoms with van der Waals surface area (Å²) < 4.78 is 13.5. The van der Waals surface area contributed by atoms with E-state index in [-0.39, 0.29) is 5.82 Å². The first-order chi connectivity index (χ1) is 7.63. The second-order valence-electron chi connectivity index (χ2n) is 5.01. The molecule has 88 valence electrons. The minimum Gasteiger partial charge on any atom is -0.390 e. The predicted octanol–water partition coefficient (Wildman–Crippen LogP) is 3.31. The molecule has 1 fully saturated rings. The maximum atomic E-state index is 13.5. The summed E-state index contributed by atoms with van der Waals surface area (Å²) in [5.41, 5.74) is -0.0372. The van der Waals surface area contributed by atoms with E-state index in [1.54, 1.807) is 12.1 Å². The molecule has 0 spiro atoms. The van der Waals surface area contributed by atoms with E-state index in [0.29, 0.717) is 17.9 Å². The first-order valence-electron chi connectivity index (χ1n) is 6.09. The smallest absolute Gasteiger partial charge is 0.126 e. The summed E-state index contributed by atoms with van der Waals surface area (Å²) in [6, 6.07) is 6.75. The topological polar surface area (TPSA) is 20.2 Å². The fourth-order valence-corrected chi connectivity index (χ4v) is 2.72. The van der Waals surface area contributed by atoms with Crippen LogP contribution >= 0.6 is 0 Å². The molecule has 2 rings (SSSR count). The second-order valence-corrected chi connectivity index (χ2v) is 5.01. The maximum absolute atomic E-state index is 13.5. The zero-order valence-electron chi connectivity index (χ0n) is 9.75. The molecule has 2 unspecified atom stereocenters. The Morgan fingerprint density at radius 3 is 2.81 bits per heavy atom. The molecule has 1 N–H and O–H groups in total. The number of hydrogen-bond donors (Lipinski definition) is 1. The van der Waals surface area contributed by atoms with Crippen molar-refractivity contribution < 1.29 is 9.50 Å². The van der Waals surface area contributed by atoms with Crippen LogP contribution in [0.5, 0.6) is 0 Å². The molecule has 16 heavy (non-hydrogen) atoms. The number of benzene rings is 1. The van der Waals surface area contributed by atoms with Gasteiger partial charge in [0.1, 0.15) is 5.82 Å². The molecule has 1 aromatic rings. The SMILES string of the molecule is CCC1CCC(O)(Cc2ccccc2F)C1. The highest BCUT2D eigenvalue weighted by Gasteiger charge is 2.36. The minimum atomic E-state index is -0.678. The van der Waals surface area contributed by atoms with Gasteiger partial charge in [-0.15, -0.1) is 0 Å². The Morgan fingerprint density at radius 1 is 1.44 bits per heavy atom. The van der Waals surface area contributed by atoms with Gasteiger partial charge in [0.15, 0.2) is 0 Å². The molecule has 1 nitrogen and oxygen atoms in total. The summed E-state index contributed by atoms with van der Waals surface area (Å²) in [5.74, 6) is 0.410. The van der Waals surface area contributed by atoms with Gasteiger partial charge in [-0.05, 0) is 36.8 Å². The molecule has 1 aromatic carbocycles. The highest BCUT2D eigenvalue weighted by atomic mass is 19.1. The van der Waals surface area contributed by atoms with Gasteiger partial charge in [0.2, 0.25) is 0 Å². The standard InChI is InChI=1S/C14H19FO/c1-2-11-7-8-14(16,9-11)10-12-5-3-4-6-13(12)15/h3-6,11,16H,2,7-10H2,1H3. The van der Waals surface area contributed by atoms with Crippen LogP contribution < -0.4 is 0 Å². The molecule has 0 amide bonds. The molecule has 0 aromatic heterocycles. The predicted molar refractivity (Wildman–Crippen MR) is 62.7 cm³/mol. The zero-order chi connectivity index (χ0) is 11.6. The monoisotopic (exact) mass is 222 g/mol. The number of hydrogen-bond acceptors (Lipinski definition) is 1. The van der Waals surface area contributed by atoms with E-state index in [9.17, 15) is 9.50 Å². The molecular formula is C14H19FO. The first kappa shape index (κ1) is 11.6. The van der Waals surface area contributed by atoms with Crippen molar-refractivity contribution in [2.45, 2.75) is 44.6 Å². The van der Waals surface area contributed by atoms with Gasteiger partial charge in [0, 0.05) is 6.42 Å². The average Bonchev–Trinajstić information content (AvgIpc) is 2.64. The lowest BCUT2D eigenvalue weighted by atomic mass is 9.91. The van der Waals surface area contributed by atoms with E-state index < -0.39 is 5.60 Å². The molecule has 0 aliphatic heterocycles. The molecule has 1 aliphatic carbocycles. The second kappa shape index (κ2) is 4.54. The molecular weight excluding hydrogens is 203 g/mol. The van der Waals surface area contributed by atoms with Crippen molar-refractivity contribution >= 4 is 0 Å². The fraction of sp³-hybridized carbons (Fsp3) is 0.571. The maximum Gasteiger partial charge on any atom is 0.126 e. The van der Waals surface area contributed by atoms with E-state index in [1.807, 2.05) is 6.07 Å². The van der Waals surface area contributed by atoms with Gasteiger partial charge >= 0.3 is 0 Å². The van der Waals surface area contributed by atoms with Crippen molar-refractivity contribution in [3.63, 3.8) is 0 Å². The molecule has 0 heterocycles. The molecule has 1 aliphatic rings. The Bertz CT molecular complexity index is 364. The van der Waals surface area contributed by atoms with E-state index in [1.165, 1.54) is 6.07 Å². The van der Waals surface area contributed by atoms with Crippen LogP contribution in [0.3, 0.4) is 0 Å². The van der Waals surface area contributed by atoms with Crippen molar-refractivity contribution in [3.05, 3.63) is 35.6 Å². The highest BCUT2D eigenvalue weighted by molar-refractivity contribution is 5.20. The normalized spacial score (nSPS) is 29.6. The molecule has 0 radical (unpaired) electrons. The summed E-state index contributed by atoms with van der Waals surface area (Å²) >= 11 is 0. The Labute approximate surface area is 96.3 Å². The Morgan fingerprint density at radius 2 is 2.19 bits per heavy atom. The third-order valence-electron chi connectivity index (χ3n) is 3.74. The lowest BCUT2D eigenvalue weighted by Gasteiger charge is -2.23. The van der Waals surface area contributed by atoms with Crippen molar-refractivity contribution in [1.82, 2.24) is 0 Å². The quantitative estimate of drug-likeness (QED) is 0.832. The number of aliphatic hydroxyl groups is 1. The summed E-state index contributed by atoms with van der Waals surface area (Å²) in [7, 11) is 0. The van der Waals surface area contributed by atoms with E-state index >= 15 is 0 Å². The summed E-state index contributed by atoms with van der Waals surface area (Å²) in [6.07, 6.45) is 4.26. The van der Waals surface area contributed by atoms with Crippen LogP contribution in [0.15, 0.2) is 24.3 Å². The highest BCUT2D eigenvalue weighted by Crippen LogP contribution is 2.38. The van der Waals surface area contributed by atoms with Crippen molar-refractivity contribution in [2.75, 3.05) is 0 Å². The third-order valence-corrected chi connectivity index (χ3v) is 3.74. The van der Waals surface area contributed by atoms with E-state index in [0.717, 1.165) is 25.7 Å². The van der Waals surface area contributed by atoms with Crippen molar-refractivity contribution in [1.29, 1.82) is 0 Å². The number of rotatable bonds is 3. The van der Waals surface area contributed by atoms with Gasteiger partial charge in [-0.25, -0.2) is 4.39 Å². The van der Waals surface area contributed by atoms with Crippen LogP contribution in [0, 0.1) is 11.7 Å². The van der Waals surface area contributed by atoms with Gasteiger partial charge in [-0.1, -0.05) is 31.5 Å². The third kappa shape index (κ3) is 2.43. The van der Waals surface area contributed by atoms with Gasteiger partial charge < -0.3 is 5.11 Å². The molecule has 2 heteroatoms. The van der Waals surface area contributed by atoms with Crippen LogP contribution in [0.25, 0.3) is 0 Å². The summed E-state index contributed by atoms with van der Waals surface area (Å²) in [6.45, 7) is 2.15. The van der Waals surface area contributed by atoms with Gasteiger partial charge in [-0.3, -0.25) is 0 Å². The lowest BCUT2D eigenvalue weighted by Crippen LogP contribution is -2.28. The molecule has 2 atom stereocenters. The van der Waals surface area contributed by atoms with Crippen LogP contribution in [0.1, 0.15) is 38.2 Å². The van der Waals surface area contributed by atoms with Crippen LogP contribution in [0.2, 0.25) is 0 Å². The summed E-state index contributed by atoms with van der Waals surface area (Å²) in [4.78, 5) is 0. The van der Waals surface area contributed by atoms with Crippen LogP contribution in [-0.4, -0.2) is 10.7 Å². The first-order valence-corrected chi connectivity index (χ1v) is 6.09. The number of halogens is 1. The van der Waals surface area contributed by atoms with Crippen molar-refractivity contribution in [3.8, 4) is 0 Å². The van der Waals surface area contributed by atoms with Gasteiger partial charge in [-0.2, -0.15) is 0 Å². The van der Waals surface area contributed by atoms with Gasteiger partial charge in [0.25, 0.3) is 0 Å². The Kier molecular flexibility index (Phi) is 3.29. The zero-order valence-corrected chi connectivity index (χ0v) is 9.75. The minimum absolute atomic E-state index is 0.198. The van der Waals surface area contributed by atoms with E-state index in [4.69, 9.17) is 0 Å². The van der Waals surface area contributed by atoms with Gasteiger partial charge in [0.05, 0.1) is 5.60 Å². The van der Waals surface area contributed by atoms with Crippen LogP contribution in [0.4, 0.5) is 4.39 Å². The lowest BCUT2D eigenvalue weighted by molar-refractivity contribution is 0.0428. The molecule has 0 saturated heterocycles. The Balaban J connectivity index is 2.08. The van der Waals surface area contributed by atoms with E-state index in [2.05, 4.69) is 6.92 Å². The molecule has 0 bridgehead atoms. The Hall–Kier alpha value is -0.890. The summed E-state index contributed by atoms with van der Waals surface area (Å²) in [5, 5.41) is 10.4. The average molecular weight is 222 g/mol. The van der Waals surface area contributed by atoms with Crippen molar-refractivity contribution in [2.24, 2.45) is 5.92 Å². The largest absolute Gasteiger partial charge is 0.390 e.